The Hall–Kier alpha value is -0.600. The van der Waals surface area contributed by atoms with E-state index < -0.39 is 0 Å². The van der Waals surface area contributed by atoms with Crippen molar-refractivity contribution in [2.45, 2.75) is 26.2 Å². The number of aliphatic hydroxyl groups is 1. The van der Waals surface area contributed by atoms with Crippen LogP contribution in [0, 0.1) is 12.7 Å². The third kappa shape index (κ3) is 2.07. The molecule has 0 aromatic heterocycles. The lowest BCUT2D eigenvalue weighted by molar-refractivity contribution is 0.218. The van der Waals surface area contributed by atoms with E-state index in [9.17, 15) is 4.39 Å². The highest BCUT2D eigenvalue weighted by molar-refractivity contribution is 6.30. The van der Waals surface area contributed by atoms with Gasteiger partial charge < -0.3 is 5.11 Å². The number of aliphatic hydroxyl groups excluding tert-OH is 1. The smallest absolute Gasteiger partial charge is 0.144 e. The maximum atomic E-state index is 13.2. The molecule has 0 unspecified atom stereocenters. The van der Waals surface area contributed by atoms with Gasteiger partial charge in [0.25, 0.3) is 0 Å². The summed E-state index contributed by atoms with van der Waals surface area (Å²) in [5, 5.41) is 9.27. The highest BCUT2D eigenvalue weighted by Crippen LogP contribution is 2.28. The van der Waals surface area contributed by atoms with Crippen molar-refractivity contribution in [3.8, 4) is 0 Å². The molecule has 0 spiro atoms. The van der Waals surface area contributed by atoms with Crippen molar-refractivity contribution in [2.24, 2.45) is 0 Å². The van der Waals surface area contributed by atoms with Crippen LogP contribution in [0.1, 0.15) is 25.0 Å². The topological polar surface area (TPSA) is 20.2 Å². The molecule has 1 aromatic rings. The van der Waals surface area contributed by atoms with Gasteiger partial charge in [0.1, 0.15) is 5.82 Å². The molecule has 1 rings (SSSR count). The molecular formula is C11H14ClFO. The van der Waals surface area contributed by atoms with E-state index in [0.29, 0.717) is 5.56 Å². The second-order valence-corrected chi connectivity index (χ2v) is 4.54. The molecule has 0 aliphatic heterocycles. The van der Waals surface area contributed by atoms with Crippen molar-refractivity contribution in [3.05, 3.63) is 34.1 Å². The lowest BCUT2D eigenvalue weighted by atomic mass is 9.85. The lowest BCUT2D eigenvalue weighted by Gasteiger charge is -2.23. The molecule has 0 saturated carbocycles. The summed E-state index contributed by atoms with van der Waals surface area (Å²) in [6, 6.07) is 3.29. The molecule has 1 N–H and O–H groups in total. The van der Waals surface area contributed by atoms with Crippen LogP contribution in [0.5, 0.6) is 0 Å². The second kappa shape index (κ2) is 3.87. The molecule has 0 heterocycles. The Morgan fingerprint density at radius 2 is 2.00 bits per heavy atom. The molecular weight excluding hydrogens is 203 g/mol. The molecule has 0 aliphatic carbocycles. The third-order valence-corrected chi connectivity index (χ3v) is 2.66. The fourth-order valence-electron chi connectivity index (χ4n) is 1.21. The van der Waals surface area contributed by atoms with Crippen molar-refractivity contribution in [2.75, 3.05) is 6.61 Å². The molecule has 0 bridgehead atoms. The average Bonchev–Trinajstić information content (AvgIpc) is 2.13. The molecule has 3 heteroatoms. The zero-order chi connectivity index (χ0) is 10.9. The van der Waals surface area contributed by atoms with Gasteiger partial charge in [0.15, 0.2) is 0 Å². The van der Waals surface area contributed by atoms with Gasteiger partial charge in [0.05, 0.1) is 11.6 Å². The summed E-state index contributed by atoms with van der Waals surface area (Å²) in [5.41, 5.74) is 0.972. The summed E-state index contributed by atoms with van der Waals surface area (Å²) >= 11 is 5.73. The Morgan fingerprint density at radius 1 is 1.43 bits per heavy atom. The number of rotatable bonds is 2. The van der Waals surface area contributed by atoms with E-state index in [0.717, 1.165) is 5.56 Å². The van der Waals surface area contributed by atoms with E-state index in [-0.39, 0.29) is 22.9 Å². The predicted octanol–water partition coefficient (Wildman–Crippen LogP) is 3.06. The largest absolute Gasteiger partial charge is 0.395 e. The molecule has 78 valence electrons. The zero-order valence-electron chi connectivity index (χ0n) is 8.56. The van der Waals surface area contributed by atoms with Crippen LogP contribution < -0.4 is 0 Å². The van der Waals surface area contributed by atoms with Crippen LogP contribution in [0.3, 0.4) is 0 Å². The Morgan fingerprint density at radius 3 is 2.43 bits per heavy atom. The Balaban J connectivity index is 3.26. The summed E-state index contributed by atoms with van der Waals surface area (Å²) in [6.45, 7) is 5.44. The van der Waals surface area contributed by atoms with Crippen LogP contribution in [0.2, 0.25) is 5.02 Å². The Bertz CT molecular complexity index is 324. The first-order valence-corrected chi connectivity index (χ1v) is 4.83. The summed E-state index contributed by atoms with van der Waals surface area (Å²) in [7, 11) is 0. The summed E-state index contributed by atoms with van der Waals surface area (Å²) in [5.74, 6) is -0.385. The minimum absolute atomic E-state index is 0.00833. The van der Waals surface area contributed by atoms with Gasteiger partial charge in [-0.25, -0.2) is 4.39 Å². The summed E-state index contributed by atoms with van der Waals surface area (Å²) in [4.78, 5) is 0. The molecule has 14 heavy (non-hydrogen) atoms. The van der Waals surface area contributed by atoms with Crippen molar-refractivity contribution < 1.29 is 9.50 Å². The SMILES string of the molecule is Cc1cc(C(C)(C)CO)cc(Cl)c1F. The average molecular weight is 217 g/mol. The van der Waals surface area contributed by atoms with Gasteiger partial charge in [-0.3, -0.25) is 0 Å². The fraction of sp³-hybridized carbons (Fsp3) is 0.455. The van der Waals surface area contributed by atoms with Gasteiger partial charge in [-0.1, -0.05) is 31.5 Å². The molecule has 0 aliphatic rings. The molecule has 0 atom stereocenters. The summed E-state index contributed by atoms with van der Waals surface area (Å²) in [6.07, 6.45) is 0. The van der Waals surface area contributed by atoms with Crippen LogP contribution in [0.15, 0.2) is 12.1 Å². The van der Waals surface area contributed by atoms with E-state index in [4.69, 9.17) is 16.7 Å². The normalized spacial score (nSPS) is 11.9. The van der Waals surface area contributed by atoms with Crippen LogP contribution in [-0.2, 0) is 5.41 Å². The lowest BCUT2D eigenvalue weighted by Crippen LogP contribution is -2.22. The molecule has 1 aromatic carbocycles. The first-order chi connectivity index (χ1) is 6.38. The van der Waals surface area contributed by atoms with E-state index in [1.165, 1.54) is 0 Å². The minimum atomic E-state index is -0.387. The molecule has 0 fully saturated rings. The van der Waals surface area contributed by atoms with Gasteiger partial charge in [-0.05, 0) is 24.1 Å². The van der Waals surface area contributed by atoms with Gasteiger partial charge >= 0.3 is 0 Å². The van der Waals surface area contributed by atoms with Crippen molar-refractivity contribution in [1.29, 1.82) is 0 Å². The maximum absolute atomic E-state index is 13.2. The molecule has 0 radical (unpaired) electrons. The van der Waals surface area contributed by atoms with Crippen molar-refractivity contribution in [1.82, 2.24) is 0 Å². The first-order valence-electron chi connectivity index (χ1n) is 4.45. The maximum Gasteiger partial charge on any atom is 0.144 e. The summed E-state index contributed by atoms with van der Waals surface area (Å²) < 4.78 is 13.2. The minimum Gasteiger partial charge on any atom is -0.395 e. The number of hydrogen-bond donors (Lipinski definition) is 1. The number of aryl methyl sites for hydroxylation is 1. The molecule has 0 amide bonds. The van der Waals surface area contributed by atoms with Crippen molar-refractivity contribution in [3.63, 3.8) is 0 Å². The van der Waals surface area contributed by atoms with Gasteiger partial charge in [-0.2, -0.15) is 0 Å². The van der Waals surface area contributed by atoms with E-state index in [1.54, 1.807) is 19.1 Å². The van der Waals surface area contributed by atoms with E-state index >= 15 is 0 Å². The standard InChI is InChI=1S/C11H14ClFO/c1-7-4-8(11(2,3)6-14)5-9(12)10(7)13/h4-5,14H,6H2,1-3H3. The van der Waals surface area contributed by atoms with Crippen molar-refractivity contribution >= 4 is 11.6 Å². The van der Waals surface area contributed by atoms with Gasteiger partial charge in [0.2, 0.25) is 0 Å². The van der Waals surface area contributed by atoms with Crippen LogP contribution >= 0.6 is 11.6 Å². The van der Waals surface area contributed by atoms with E-state index in [2.05, 4.69) is 0 Å². The van der Waals surface area contributed by atoms with Gasteiger partial charge in [-0.15, -0.1) is 0 Å². The Kier molecular flexibility index (Phi) is 3.17. The number of hydrogen-bond acceptors (Lipinski definition) is 1. The first kappa shape index (κ1) is 11.5. The molecule has 1 nitrogen and oxygen atoms in total. The third-order valence-electron chi connectivity index (χ3n) is 2.39. The van der Waals surface area contributed by atoms with Crippen LogP contribution in [0.25, 0.3) is 0 Å². The van der Waals surface area contributed by atoms with E-state index in [1.807, 2.05) is 13.8 Å². The second-order valence-electron chi connectivity index (χ2n) is 4.13. The number of benzene rings is 1. The number of halogens is 2. The fourth-order valence-corrected chi connectivity index (χ4v) is 1.48. The Labute approximate surface area is 88.5 Å². The van der Waals surface area contributed by atoms with Gasteiger partial charge in [0, 0.05) is 5.41 Å². The highest BCUT2D eigenvalue weighted by atomic mass is 35.5. The zero-order valence-corrected chi connectivity index (χ0v) is 9.32. The highest BCUT2D eigenvalue weighted by Gasteiger charge is 2.21. The quantitative estimate of drug-likeness (QED) is 0.806. The monoisotopic (exact) mass is 216 g/mol. The van der Waals surface area contributed by atoms with Crippen LogP contribution in [0.4, 0.5) is 4.39 Å². The molecule has 0 saturated heterocycles. The predicted molar refractivity (Wildman–Crippen MR) is 56.3 cm³/mol. The van der Waals surface area contributed by atoms with Crippen LogP contribution in [-0.4, -0.2) is 11.7 Å².